The Bertz CT molecular complexity index is 436. The predicted molar refractivity (Wildman–Crippen MR) is 59.9 cm³/mol. The highest BCUT2D eigenvalue weighted by Crippen LogP contribution is 2.25. The third-order valence-corrected chi connectivity index (χ3v) is 2.71. The number of nitrogens with two attached hydrogens (primary N) is 2. The highest BCUT2D eigenvalue weighted by molar-refractivity contribution is 7.13. The van der Waals surface area contributed by atoms with Gasteiger partial charge in [-0.15, -0.1) is 11.3 Å². The average molecular weight is 205 g/mol. The number of nitrogens with zero attached hydrogens (tertiary/aromatic N) is 1. The topological polar surface area (TPSA) is 64.9 Å². The van der Waals surface area contributed by atoms with E-state index in [1.54, 1.807) is 0 Å². The molecule has 0 atom stereocenters. The van der Waals surface area contributed by atoms with Crippen molar-refractivity contribution in [1.82, 2.24) is 4.98 Å². The second-order valence-electron chi connectivity index (χ2n) is 2.93. The van der Waals surface area contributed by atoms with Crippen molar-refractivity contribution in [2.24, 2.45) is 5.73 Å². The van der Waals surface area contributed by atoms with Crippen LogP contribution in [0.4, 0.5) is 5.13 Å². The Kier molecular flexibility index (Phi) is 2.47. The number of rotatable bonds is 2. The second-order valence-corrected chi connectivity index (χ2v) is 3.82. The molecular weight excluding hydrogens is 194 g/mol. The normalized spacial score (nSPS) is 10.4. The lowest BCUT2D eigenvalue weighted by Crippen LogP contribution is -1.98. The predicted octanol–water partition coefficient (Wildman–Crippen LogP) is 1.85. The van der Waals surface area contributed by atoms with Gasteiger partial charge in [-0.3, -0.25) is 0 Å². The largest absolute Gasteiger partial charge is 0.375 e. The van der Waals surface area contributed by atoms with Gasteiger partial charge in [0.15, 0.2) is 5.13 Å². The van der Waals surface area contributed by atoms with Gasteiger partial charge in [0.1, 0.15) is 0 Å². The summed E-state index contributed by atoms with van der Waals surface area (Å²) in [7, 11) is 0. The van der Waals surface area contributed by atoms with E-state index >= 15 is 0 Å². The van der Waals surface area contributed by atoms with Crippen molar-refractivity contribution in [1.29, 1.82) is 0 Å². The number of benzene rings is 1. The number of hydrogen-bond donors (Lipinski definition) is 2. The van der Waals surface area contributed by atoms with Crippen molar-refractivity contribution in [2.45, 2.75) is 6.54 Å². The molecule has 0 fully saturated rings. The average Bonchev–Trinajstić information content (AvgIpc) is 2.65. The molecule has 1 heterocycles. The van der Waals surface area contributed by atoms with Crippen molar-refractivity contribution in [3.05, 3.63) is 35.2 Å². The summed E-state index contributed by atoms with van der Waals surface area (Å²) >= 11 is 1.44. The van der Waals surface area contributed by atoms with E-state index in [0.29, 0.717) is 11.7 Å². The fourth-order valence-corrected chi connectivity index (χ4v) is 1.92. The fraction of sp³-hybridized carbons (Fsp3) is 0.100. The van der Waals surface area contributed by atoms with Gasteiger partial charge < -0.3 is 11.5 Å². The van der Waals surface area contributed by atoms with Gasteiger partial charge in [0.05, 0.1) is 5.69 Å². The molecule has 0 spiro atoms. The Morgan fingerprint density at radius 1 is 1.29 bits per heavy atom. The monoisotopic (exact) mass is 205 g/mol. The van der Waals surface area contributed by atoms with Crippen LogP contribution in [0.5, 0.6) is 0 Å². The lowest BCUT2D eigenvalue weighted by atomic mass is 10.1. The molecule has 14 heavy (non-hydrogen) atoms. The van der Waals surface area contributed by atoms with Gasteiger partial charge >= 0.3 is 0 Å². The summed E-state index contributed by atoms with van der Waals surface area (Å²) in [6, 6.07) is 7.97. The zero-order valence-electron chi connectivity index (χ0n) is 7.60. The summed E-state index contributed by atoms with van der Waals surface area (Å²) in [6.07, 6.45) is 0. The van der Waals surface area contributed by atoms with Crippen molar-refractivity contribution in [3.8, 4) is 11.3 Å². The van der Waals surface area contributed by atoms with Crippen LogP contribution in [0, 0.1) is 0 Å². The van der Waals surface area contributed by atoms with Crippen molar-refractivity contribution in [2.75, 3.05) is 5.73 Å². The summed E-state index contributed by atoms with van der Waals surface area (Å²) < 4.78 is 0. The Labute approximate surface area is 86.4 Å². The van der Waals surface area contributed by atoms with Gasteiger partial charge in [0.25, 0.3) is 0 Å². The lowest BCUT2D eigenvalue weighted by molar-refractivity contribution is 1.07. The minimum atomic E-state index is 0.521. The molecule has 0 saturated heterocycles. The van der Waals surface area contributed by atoms with Crippen LogP contribution in [0.15, 0.2) is 29.6 Å². The first kappa shape index (κ1) is 9.18. The van der Waals surface area contributed by atoms with Crippen molar-refractivity contribution >= 4 is 16.5 Å². The number of nitrogen functional groups attached to an aromatic ring is 1. The number of thiazole rings is 1. The third kappa shape index (κ3) is 1.62. The fourth-order valence-electron chi connectivity index (χ4n) is 1.36. The summed E-state index contributed by atoms with van der Waals surface area (Å²) in [5.74, 6) is 0. The van der Waals surface area contributed by atoms with Crippen LogP contribution in [0.3, 0.4) is 0 Å². The third-order valence-electron chi connectivity index (χ3n) is 2.04. The molecule has 4 N–H and O–H groups in total. The Morgan fingerprint density at radius 2 is 2.07 bits per heavy atom. The van der Waals surface area contributed by atoms with Gasteiger partial charge in [-0.2, -0.15) is 0 Å². The lowest BCUT2D eigenvalue weighted by Gasteiger charge is -2.03. The minimum absolute atomic E-state index is 0.521. The molecule has 0 aliphatic heterocycles. The zero-order chi connectivity index (χ0) is 9.97. The van der Waals surface area contributed by atoms with Gasteiger partial charge in [-0.25, -0.2) is 4.98 Å². The molecule has 0 bridgehead atoms. The summed E-state index contributed by atoms with van der Waals surface area (Å²) in [4.78, 5) is 4.23. The Balaban J connectivity index is 2.50. The van der Waals surface area contributed by atoms with Gasteiger partial charge in [0.2, 0.25) is 0 Å². The highest BCUT2D eigenvalue weighted by Gasteiger charge is 2.05. The van der Waals surface area contributed by atoms with Crippen LogP contribution in [0.1, 0.15) is 5.56 Å². The molecule has 0 unspecified atom stereocenters. The van der Waals surface area contributed by atoms with E-state index in [4.69, 9.17) is 11.5 Å². The molecule has 1 aromatic carbocycles. The quantitative estimate of drug-likeness (QED) is 0.786. The van der Waals surface area contributed by atoms with E-state index in [9.17, 15) is 0 Å². The maximum Gasteiger partial charge on any atom is 0.180 e. The number of hydrogen-bond acceptors (Lipinski definition) is 4. The van der Waals surface area contributed by atoms with E-state index in [0.717, 1.165) is 16.8 Å². The van der Waals surface area contributed by atoms with E-state index in [1.807, 2.05) is 29.6 Å². The molecule has 0 aliphatic carbocycles. The van der Waals surface area contributed by atoms with E-state index < -0.39 is 0 Å². The van der Waals surface area contributed by atoms with E-state index in [-0.39, 0.29) is 0 Å². The summed E-state index contributed by atoms with van der Waals surface area (Å²) in [6.45, 7) is 0.521. The van der Waals surface area contributed by atoms with Crippen LogP contribution >= 0.6 is 11.3 Å². The molecule has 4 heteroatoms. The SMILES string of the molecule is NCc1ccccc1-c1csc(N)n1. The Hall–Kier alpha value is -1.39. The van der Waals surface area contributed by atoms with Crippen LogP contribution in [0.25, 0.3) is 11.3 Å². The van der Waals surface area contributed by atoms with Crippen LogP contribution in [-0.2, 0) is 6.54 Å². The molecular formula is C10H11N3S. The van der Waals surface area contributed by atoms with Crippen molar-refractivity contribution in [3.63, 3.8) is 0 Å². The van der Waals surface area contributed by atoms with E-state index in [2.05, 4.69) is 4.98 Å². The second kappa shape index (κ2) is 3.77. The van der Waals surface area contributed by atoms with E-state index in [1.165, 1.54) is 11.3 Å². The molecule has 0 amide bonds. The first-order valence-corrected chi connectivity index (χ1v) is 5.18. The summed E-state index contributed by atoms with van der Waals surface area (Å²) in [5, 5.41) is 2.54. The minimum Gasteiger partial charge on any atom is -0.375 e. The first-order valence-electron chi connectivity index (χ1n) is 4.30. The van der Waals surface area contributed by atoms with Gasteiger partial charge in [0, 0.05) is 17.5 Å². The van der Waals surface area contributed by atoms with Crippen molar-refractivity contribution < 1.29 is 0 Å². The molecule has 0 aliphatic rings. The highest BCUT2D eigenvalue weighted by atomic mass is 32.1. The molecule has 1 aromatic heterocycles. The van der Waals surface area contributed by atoms with Crippen LogP contribution in [0.2, 0.25) is 0 Å². The molecule has 0 saturated carbocycles. The molecule has 2 rings (SSSR count). The standard InChI is InChI=1S/C10H11N3S/c11-5-7-3-1-2-4-8(7)9-6-14-10(12)13-9/h1-4,6H,5,11H2,(H2,12,13). The maximum absolute atomic E-state index is 5.64. The van der Waals surface area contributed by atoms with Gasteiger partial charge in [-0.1, -0.05) is 24.3 Å². The molecule has 2 aromatic rings. The molecule has 3 nitrogen and oxygen atoms in total. The first-order chi connectivity index (χ1) is 6.81. The zero-order valence-corrected chi connectivity index (χ0v) is 8.42. The maximum atomic E-state index is 5.64. The molecule has 0 radical (unpaired) electrons. The number of anilines is 1. The van der Waals surface area contributed by atoms with Gasteiger partial charge in [-0.05, 0) is 5.56 Å². The summed E-state index contributed by atoms with van der Waals surface area (Å²) in [5.41, 5.74) is 14.3. The molecule has 72 valence electrons. The number of aromatic nitrogens is 1. The van der Waals surface area contributed by atoms with Crippen LogP contribution in [-0.4, -0.2) is 4.98 Å². The Morgan fingerprint density at radius 3 is 2.71 bits per heavy atom. The smallest absolute Gasteiger partial charge is 0.180 e. The van der Waals surface area contributed by atoms with Crippen LogP contribution < -0.4 is 11.5 Å².